The Hall–Kier alpha value is -1.35. The van der Waals surface area contributed by atoms with Gasteiger partial charge in [0.25, 0.3) is 0 Å². The maximum absolute atomic E-state index is 10.2. The average Bonchev–Trinajstić information content (AvgIpc) is 2.61. The van der Waals surface area contributed by atoms with E-state index in [2.05, 4.69) is 46.8 Å². The van der Waals surface area contributed by atoms with Crippen molar-refractivity contribution in [2.24, 2.45) is 0 Å². The second kappa shape index (κ2) is 9.73. The van der Waals surface area contributed by atoms with Crippen LogP contribution in [0, 0.1) is 0 Å². The molecular weight excluding hydrogens is 377 g/mol. The lowest BCUT2D eigenvalue weighted by molar-refractivity contribution is 0.280. The number of pyridine rings is 1. The van der Waals surface area contributed by atoms with Crippen molar-refractivity contribution in [3.05, 3.63) is 56.8 Å². The second-order valence-corrected chi connectivity index (χ2v) is 8.28. The predicted molar refractivity (Wildman–Crippen MR) is 118 cm³/mol. The van der Waals surface area contributed by atoms with Crippen LogP contribution in [0.1, 0.15) is 81.8 Å². The maximum Gasteiger partial charge on any atom is 0.0706 e. The third kappa shape index (κ3) is 4.93. The third-order valence-electron chi connectivity index (χ3n) is 4.59. The van der Waals surface area contributed by atoms with Gasteiger partial charge < -0.3 is 5.11 Å². The van der Waals surface area contributed by atoms with E-state index in [4.69, 9.17) is 28.2 Å². The number of rotatable bonds is 7. The first-order valence-corrected chi connectivity index (χ1v) is 10.4. The van der Waals surface area contributed by atoms with Crippen molar-refractivity contribution in [3.8, 4) is 11.1 Å². The molecule has 0 fully saturated rings. The summed E-state index contributed by atoms with van der Waals surface area (Å²) in [4.78, 5) is 4.97. The number of halogens is 2. The second-order valence-electron chi connectivity index (χ2n) is 7.43. The van der Waals surface area contributed by atoms with Crippen LogP contribution in [-0.2, 0) is 6.61 Å². The molecule has 0 aliphatic heterocycles. The summed E-state index contributed by atoms with van der Waals surface area (Å²) in [7, 11) is 0. The molecule has 0 spiro atoms. The van der Waals surface area contributed by atoms with E-state index < -0.39 is 0 Å². The van der Waals surface area contributed by atoms with Gasteiger partial charge in [0, 0.05) is 32.4 Å². The van der Waals surface area contributed by atoms with Crippen LogP contribution < -0.4 is 0 Å². The summed E-state index contributed by atoms with van der Waals surface area (Å²) in [5, 5.41) is 11.4. The van der Waals surface area contributed by atoms with E-state index in [1.54, 1.807) is 6.07 Å². The Labute approximate surface area is 173 Å². The molecule has 0 bridgehead atoms. The average molecular weight is 406 g/mol. The first-order valence-electron chi connectivity index (χ1n) is 9.61. The minimum Gasteiger partial charge on any atom is -0.392 e. The zero-order valence-corrected chi connectivity index (χ0v) is 18.3. The van der Waals surface area contributed by atoms with E-state index in [-0.39, 0.29) is 18.4 Å². The Balaban J connectivity index is 2.94. The van der Waals surface area contributed by atoms with Crippen LogP contribution in [0.25, 0.3) is 17.2 Å². The van der Waals surface area contributed by atoms with Crippen LogP contribution in [-0.4, -0.2) is 10.1 Å². The van der Waals surface area contributed by atoms with Crippen molar-refractivity contribution in [2.75, 3.05) is 0 Å². The molecule has 0 radical (unpaired) electrons. The number of aromatic nitrogens is 1. The predicted octanol–water partition coefficient (Wildman–Crippen LogP) is 7.61. The van der Waals surface area contributed by atoms with Gasteiger partial charge in [0.05, 0.1) is 12.3 Å². The highest BCUT2D eigenvalue weighted by molar-refractivity contribution is 6.36. The standard InChI is InChI=1S/C23H29Cl2NO/c1-6-7-8-9-18-21(17-11-10-16(24)12-20(17)25)19(13-27)23(15(4)5)26-22(18)14(2)3/h8-12,14-15,27H,6-7,13H2,1-5H3. The lowest BCUT2D eigenvalue weighted by Gasteiger charge is -2.23. The number of aliphatic hydroxyl groups is 1. The summed E-state index contributed by atoms with van der Waals surface area (Å²) < 4.78 is 0. The summed E-state index contributed by atoms with van der Waals surface area (Å²) in [5.41, 5.74) is 5.69. The molecule has 2 aromatic rings. The maximum atomic E-state index is 10.2. The third-order valence-corrected chi connectivity index (χ3v) is 5.14. The van der Waals surface area contributed by atoms with E-state index in [1.165, 1.54) is 0 Å². The highest BCUT2D eigenvalue weighted by atomic mass is 35.5. The van der Waals surface area contributed by atoms with Gasteiger partial charge in [0.2, 0.25) is 0 Å². The van der Waals surface area contributed by atoms with Crippen molar-refractivity contribution in [1.29, 1.82) is 0 Å². The fraction of sp³-hybridized carbons (Fsp3) is 0.435. The zero-order chi connectivity index (χ0) is 20.1. The molecule has 1 aromatic heterocycles. The number of aliphatic hydroxyl groups excluding tert-OH is 1. The molecule has 146 valence electrons. The fourth-order valence-corrected chi connectivity index (χ4v) is 3.79. The zero-order valence-electron chi connectivity index (χ0n) is 16.8. The van der Waals surface area contributed by atoms with Crippen LogP contribution in [0.5, 0.6) is 0 Å². The van der Waals surface area contributed by atoms with Crippen LogP contribution >= 0.6 is 23.2 Å². The van der Waals surface area contributed by atoms with Crippen LogP contribution in [0.4, 0.5) is 0 Å². The molecule has 2 nitrogen and oxygen atoms in total. The minimum absolute atomic E-state index is 0.0816. The summed E-state index contributed by atoms with van der Waals surface area (Å²) in [6, 6.07) is 5.53. The van der Waals surface area contributed by atoms with Crippen LogP contribution in [0.15, 0.2) is 24.3 Å². The lowest BCUT2D eigenvalue weighted by atomic mass is 9.87. The van der Waals surface area contributed by atoms with Crippen molar-refractivity contribution in [3.63, 3.8) is 0 Å². The van der Waals surface area contributed by atoms with Gasteiger partial charge in [-0.1, -0.05) is 82.5 Å². The number of hydrogen-bond acceptors (Lipinski definition) is 2. The molecule has 1 aromatic carbocycles. The van der Waals surface area contributed by atoms with E-state index in [0.29, 0.717) is 10.0 Å². The summed E-state index contributed by atoms with van der Waals surface area (Å²) in [5.74, 6) is 0.449. The molecule has 0 atom stereocenters. The molecule has 0 aliphatic carbocycles. The van der Waals surface area contributed by atoms with E-state index in [0.717, 1.165) is 46.5 Å². The lowest BCUT2D eigenvalue weighted by Crippen LogP contribution is -2.10. The fourth-order valence-electron chi connectivity index (χ4n) is 3.29. The minimum atomic E-state index is -0.0816. The molecule has 0 saturated heterocycles. The number of unbranched alkanes of at least 4 members (excludes halogenated alkanes) is 1. The molecule has 4 heteroatoms. The first-order chi connectivity index (χ1) is 12.8. The first kappa shape index (κ1) is 21.9. The monoisotopic (exact) mass is 405 g/mol. The smallest absolute Gasteiger partial charge is 0.0706 e. The highest BCUT2D eigenvalue weighted by Gasteiger charge is 2.23. The Bertz CT molecular complexity index is 826. The van der Waals surface area contributed by atoms with Crippen LogP contribution in [0.3, 0.4) is 0 Å². The number of nitrogens with zero attached hydrogens (tertiary/aromatic N) is 1. The molecule has 2 rings (SSSR count). The Morgan fingerprint density at radius 1 is 1.07 bits per heavy atom. The van der Waals surface area contributed by atoms with Gasteiger partial charge >= 0.3 is 0 Å². The summed E-state index contributed by atoms with van der Waals surface area (Å²) >= 11 is 12.7. The van der Waals surface area contributed by atoms with Gasteiger partial charge in [-0.25, -0.2) is 0 Å². The van der Waals surface area contributed by atoms with Crippen molar-refractivity contribution in [2.45, 2.75) is 65.9 Å². The Kier molecular flexibility index (Phi) is 7.91. The molecule has 1 heterocycles. The Morgan fingerprint density at radius 2 is 1.74 bits per heavy atom. The molecule has 0 aliphatic rings. The Morgan fingerprint density at radius 3 is 2.26 bits per heavy atom. The quantitative estimate of drug-likeness (QED) is 0.513. The van der Waals surface area contributed by atoms with Gasteiger partial charge in [0.15, 0.2) is 0 Å². The summed E-state index contributed by atoms with van der Waals surface area (Å²) in [6.07, 6.45) is 6.38. The van der Waals surface area contributed by atoms with Gasteiger partial charge in [-0.2, -0.15) is 0 Å². The van der Waals surface area contributed by atoms with Gasteiger partial charge in [0.1, 0.15) is 0 Å². The van der Waals surface area contributed by atoms with E-state index in [1.807, 2.05) is 12.1 Å². The summed E-state index contributed by atoms with van der Waals surface area (Å²) in [6.45, 7) is 10.6. The largest absolute Gasteiger partial charge is 0.392 e. The van der Waals surface area contributed by atoms with Crippen molar-refractivity contribution < 1.29 is 5.11 Å². The molecule has 0 unspecified atom stereocenters. The van der Waals surface area contributed by atoms with Gasteiger partial charge in [-0.05, 0) is 36.0 Å². The topological polar surface area (TPSA) is 33.1 Å². The number of allylic oxidation sites excluding steroid dienone is 1. The molecule has 27 heavy (non-hydrogen) atoms. The van der Waals surface area contributed by atoms with Crippen molar-refractivity contribution in [1.82, 2.24) is 4.98 Å². The molecular formula is C23H29Cl2NO. The SMILES string of the molecule is CCCC=Cc1c(C(C)C)nc(C(C)C)c(CO)c1-c1ccc(Cl)cc1Cl. The normalized spacial score (nSPS) is 11.9. The number of hydrogen-bond donors (Lipinski definition) is 1. The van der Waals surface area contributed by atoms with Crippen molar-refractivity contribution >= 4 is 29.3 Å². The molecule has 0 amide bonds. The molecule has 1 N–H and O–H groups in total. The van der Waals surface area contributed by atoms with E-state index >= 15 is 0 Å². The highest BCUT2D eigenvalue weighted by Crippen LogP contribution is 2.40. The number of benzene rings is 1. The van der Waals surface area contributed by atoms with E-state index in [9.17, 15) is 5.11 Å². The van der Waals surface area contributed by atoms with Gasteiger partial charge in [-0.3, -0.25) is 4.98 Å². The van der Waals surface area contributed by atoms with Gasteiger partial charge in [-0.15, -0.1) is 0 Å². The molecule has 0 saturated carbocycles. The van der Waals surface area contributed by atoms with Crippen LogP contribution in [0.2, 0.25) is 10.0 Å².